The Morgan fingerprint density at radius 3 is 2.03 bits per heavy atom. The normalized spacial score (nSPS) is 18.4. The lowest BCUT2D eigenvalue weighted by Gasteiger charge is -2.41. The van der Waals surface area contributed by atoms with Crippen LogP contribution in [0.5, 0.6) is 5.75 Å². The van der Waals surface area contributed by atoms with Gasteiger partial charge in [0.15, 0.2) is 0 Å². The molecule has 6 nitrogen and oxygen atoms in total. The highest BCUT2D eigenvalue weighted by molar-refractivity contribution is 7.85. The van der Waals surface area contributed by atoms with Crippen molar-refractivity contribution in [3.8, 4) is 5.75 Å². The van der Waals surface area contributed by atoms with E-state index in [-0.39, 0.29) is 4.90 Å². The van der Waals surface area contributed by atoms with Gasteiger partial charge in [-0.25, -0.2) is 0 Å². The van der Waals surface area contributed by atoms with Gasteiger partial charge in [-0.05, 0) is 69.0 Å². The van der Waals surface area contributed by atoms with E-state index in [2.05, 4.69) is 4.90 Å². The number of nitrogen functional groups attached to an aromatic ring is 1. The molecule has 2 aliphatic rings. The molecule has 7 heteroatoms. The third-order valence-corrected chi connectivity index (χ3v) is 6.44. The number of anilines is 1. The third-order valence-electron chi connectivity index (χ3n) is 5.57. The highest BCUT2D eigenvalue weighted by Gasteiger charge is 2.29. The second-order valence-corrected chi connectivity index (χ2v) is 9.22. The fourth-order valence-electron chi connectivity index (χ4n) is 3.56. The quantitative estimate of drug-likeness (QED) is 0.578. The summed E-state index contributed by atoms with van der Waals surface area (Å²) >= 11 is 0. The Balaban J connectivity index is 0.000000188. The Bertz CT molecular complexity index is 870. The minimum atomic E-state index is -4.02. The number of aryl methyl sites for hydroxylation is 1. The fraction of sp³-hybridized carbons (Fsp3) is 0.455. The summed E-state index contributed by atoms with van der Waals surface area (Å²) in [7, 11) is -4.02. The molecule has 1 aliphatic heterocycles. The SMILES string of the molecule is Cc1ccc(S(=O)(=O)O)cc1.Nc1ccc(OC2CCN(C3CCC3)CC2)cc1. The summed E-state index contributed by atoms with van der Waals surface area (Å²) in [4.78, 5) is 2.58. The maximum atomic E-state index is 10.5. The van der Waals surface area contributed by atoms with Gasteiger partial charge >= 0.3 is 0 Å². The summed E-state index contributed by atoms with van der Waals surface area (Å²) in [5.41, 5.74) is 7.42. The Morgan fingerprint density at radius 2 is 1.55 bits per heavy atom. The number of hydrogen-bond donors (Lipinski definition) is 2. The molecule has 29 heavy (non-hydrogen) atoms. The van der Waals surface area contributed by atoms with E-state index in [1.807, 2.05) is 31.2 Å². The molecular formula is C22H30N2O4S. The van der Waals surface area contributed by atoms with Crippen molar-refractivity contribution >= 4 is 15.8 Å². The second kappa shape index (κ2) is 9.61. The zero-order valence-corrected chi connectivity index (χ0v) is 17.6. The molecule has 2 aromatic rings. The molecule has 4 rings (SSSR count). The number of nitrogens with two attached hydrogens (primary N) is 1. The van der Waals surface area contributed by atoms with Crippen LogP contribution in [-0.2, 0) is 10.1 Å². The van der Waals surface area contributed by atoms with E-state index < -0.39 is 10.1 Å². The Hall–Kier alpha value is -2.09. The average Bonchev–Trinajstić information content (AvgIpc) is 2.64. The lowest BCUT2D eigenvalue weighted by Crippen LogP contribution is -2.46. The molecule has 0 radical (unpaired) electrons. The van der Waals surface area contributed by atoms with E-state index in [9.17, 15) is 8.42 Å². The number of hydrogen-bond acceptors (Lipinski definition) is 5. The first kappa shape index (κ1) is 21.6. The van der Waals surface area contributed by atoms with Gasteiger partial charge in [0.25, 0.3) is 10.1 Å². The van der Waals surface area contributed by atoms with E-state index in [0.29, 0.717) is 6.10 Å². The molecule has 1 saturated heterocycles. The van der Waals surface area contributed by atoms with Gasteiger partial charge in [0.05, 0.1) is 4.90 Å². The van der Waals surface area contributed by atoms with Gasteiger partial charge in [-0.15, -0.1) is 0 Å². The number of nitrogens with zero attached hydrogens (tertiary/aromatic N) is 1. The molecule has 158 valence electrons. The van der Waals surface area contributed by atoms with Crippen LogP contribution in [0.1, 0.15) is 37.7 Å². The van der Waals surface area contributed by atoms with Crippen LogP contribution < -0.4 is 10.5 Å². The zero-order valence-electron chi connectivity index (χ0n) is 16.8. The molecule has 0 bridgehead atoms. The predicted molar refractivity (Wildman–Crippen MR) is 115 cm³/mol. The highest BCUT2D eigenvalue weighted by Crippen LogP contribution is 2.28. The number of benzene rings is 2. The fourth-order valence-corrected chi connectivity index (χ4v) is 4.04. The van der Waals surface area contributed by atoms with Crippen LogP contribution in [-0.4, -0.2) is 43.1 Å². The number of ether oxygens (including phenoxy) is 1. The van der Waals surface area contributed by atoms with Crippen molar-refractivity contribution in [2.24, 2.45) is 0 Å². The minimum Gasteiger partial charge on any atom is -0.490 e. The molecule has 0 amide bonds. The summed E-state index contributed by atoms with van der Waals surface area (Å²) in [6.45, 7) is 4.24. The van der Waals surface area contributed by atoms with E-state index in [4.69, 9.17) is 15.0 Å². The van der Waals surface area contributed by atoms with Gasteiger partial charge in [0.2, 0.25) is 0 Å². The lowest BCUT2D eigenvalue weighted by molar-refractivity contribution is 0.0493. The van der Waals surface area contributed by atoms with E-state index in [1.54, 1.807) is 12.1 Å². The molecular weight excluding hydrogens is 388 g/mol. The molecule has 2 aromatic carbocycles. The number of likely N-dealkylation sites (tertiary alicyclic amines) is 1. The Kier molecular flexibility index (Phi) is 7.16. The number of piperidine rings is 1. The van der Waals surface area contributed by atoms with Crippen LogP contribution in [0.4, 0.5) is 5.69 Å². The van der Waals surface area contributed by atoms with E-state index in [1.165, 1.54) is 44.5 Å². The molecule has 1 heterocycles. The van der Waals surface area contributed by atoms with Gasteiger partial charge < -0.3 is 15.4 Å². The molecule has 2 fully saturated rings. The summed E-state index contributed by atoms with van der Waals surface area (Å²) in [6.07, 6.45) is 6.92. The van der Waals surface area contributed by atoms with Gasteiger partial charge in [-0.3, -0.25) is 4.55 Å². The summed E-state index contributed by atoms with van der Waals surface area (Å²) in [5.74, 6) is 0.950. The van der Waals surface area contributed by atoms with Crippen LogP contribution in [0, 0.1) is 6.92 Å². The summed E-state index contributed by atoms with van der Waals surface area (Å²) in [5, 5.41) is 0. The van der Waals surface area contributed by atoms with Crippen LogP contribution in [0.25, 0.3) is 0 Å². The van der Waals surface area contributed by atoms with Gasteiger partial charge in [0, 0.05) is 24.8 Å². The Labute approximate surface area is 173 Å². The van der Waals surface area contributed by atoms with Crippen molar-refractivity contribution in [1.29, 1.82) is 0 Å². The molecule has 1 saturated carbocycles. The minimum absolute atomic E-state index is 0.0666. The van der Waals surface area contributed by atoms with Gasteiger partial charge in [-0.2, -0.15) is 8.42 Å². The first-order valence-electron chi connectivity index (χ1n) is 10.1. The standard InChI is InChI=1S/C15H22N2O.C7H8O3S/c16-12-4-6-14(7-5-12)18-15-8-10-17(11-9-15)13-2-1-3-13;1-6-2-4-7(5-3-6)11(8,9)10/h4-7,13,15H,1-3,8-11,16H2;2-5H,1H3,(H,8,9,10). The van der Waals surface area contributed by atoms with Crippen LogP contribution in [0.2, 0.25) is 0 Å². The van der Waals surface area contributed by atoms with Crippen molar-refractivity contribution in [3.63, 3.8) is 0 Å². The number of rotatable bonds is 4. The van der Waals surface area contributed by atoms with Crippen molar-refractivity contribution in [3.05, 3.63) is 54.1 Å². The van der Waals surface area contributed by atoms with Crippen molar-refractivity contribution in [1.82, 2.24) is 4.90 Å². The van der Waals surface area contributed by atoms with Crippen LogP contribution in [0.15, 0.2) is 53.4 Å². The van der Waals surface area contributed by atoms with Crippen molar-refractivity contribution in [2.45, 2.75) is 56.1 Å². The molecule has 0 aromatic heterocycles. The third kappa shape index (κ3) is 6.45. The predicted octanol–water partition coefficient (Wildman–Crippen LogP) is 3.91. The van der Waals surface area contributed by atoms with E-state index in [0.717, 1.165) is 35.9 Å². The van der Waals surface area contributed by atoms with E-state index >= 15 is 0 Å². The molecule has 0 spiro atoms. The largest absolute Gasteiger partial charge is 0.490 e. The van der Waals surface area contributed by atoms with Gasteiger partial charge in [-0.1, -0.05) is 24.1 Å². The molecule has 1 aliphatic carbocycles. The van der Waals surface area contributed by atoms with Gasteiger partial charge in [0.1, 0.15) is 11.9 Å². The maximum Gasteiger partial charge on any atom is 0.294 e. The molecule has 0 atom stereocenters. The lowest BCUT2D eigenvalue weighted by atomic mass is 9.90. The second-order valence-electron chi connectivity index (χ2n) is 7.80. The van der Waals surface area contributed by atoms with Crippen molar-refractivity contribution in [2.75, 3.05) is 18.8 Å². The first-order chi connectivity index (χ1) is 13.8. The zero-order chi connectivity index (χ0) is 20.9. The van der Waals surface area contributed by atoms with Crippen molar-refractivity contribution < 1.29 is 17.7 Å². The monoisotopic (exact) mass is 418 g/mol. The van der Waals surface area contributed by atoms with Crippen LogP contribution >= 0.6 is 0 Å². The summed E-state index contributed by atoms with van der Waals surface area (Å²) < 4.78 is 35.6. The van der Waals surface area contributed by atoms with Crippen LogP contribution in [0.3, 0.4) is 0 Å². The maximum absolute atomic E-state index is 10.5. The highest BCUT2D eigenvalue weighted by atomic mass is 32.2. The molecule has 0 unspecified atom stereocenters. The Morgan fingerprint density at radius 1 is 0.966 bits per heavy atom. The summed E-state index contributed by atoms with van der Waals surface area (Å²) in [6, 6.07) is 14.6. The topological polar surface area (TPSA) is 92.9 Å². The first-order valence-corrected chi connectivity index (χ1v) is 11.6. The molecule has 3 N–H and O–H groups in total. The smallest absolute Gasteiger partial charge is 0.294 e. The average molecular weight is 419 g/mol.